The first-order valence-corrected chi connectivity index (χ1v) is 11.6. The van der Waals surface area contributed by atoms with Crippen LogP contribution in [0.4, 0.5) is 0 Å². The molecule has 1 unspecified atom stereocenters. The van der Waals surface area contributed by atoms with Gasteiger partial charge in [-0.1, -0.05) is 41.9 Å². The van der Waals surface area contributed by atoms with E-state index < -0.39 is 0 Å². The number of ether oxygens (including phenoxy) is 3. The second-order valence-electron chi connectivity index (χ2n) is 8.36. The van der Waals surface area contributed by atoms with E-state index in [1.165, 1.54) is 0 Å². The van der Waals surface area contributed by atoms with Gasteiger partial charge in [0, 0.05) is 43.6 Å². The van der Waals surface area contributed by atoms with Crippen molar-refractivity contribution >= 4 is 23.6 Å². The van der Waals surface area contributed by atoms with Gasteiger partial charge in [0.25, 0.3) is 0 Å². The van der Waals surface area contributed by atoms with E-state index in [0.717, 1.165) is 22.6 Å². The van der Waals surface area contributed by atoms with Crippen molar-refractivity contribution in [3.8, 4) is 5.75 Å². The van der Waals surface area contributed by atoms with Crippen LogP contribution >= 0.6 is 11.6 Å². The lowest BCUT2D eigenvalue weighted by molar-refractivity contribution is -0.121. The smallest absolute Gasteiger partial charge is 0.238 e. The summed E-state index contributed by atoms with van der Waals surface area (Å²) in [6, 6.07) is 11.8. The van der Waals surface area contributed by atoms with Crippen molar-refractivity contribution in [2.45, 2.75) is 19.1 Å². The Morgan fingerprint density at radius 2 is 2.03 bits per heavy atom. The van der Waals surface area contributed by atoms with E-state index in [2.05, 4.69) is 15.6 Å². The number of methoxy groups -OCH3 is 2. The van der Waals surface area contributed by atoms with Crippen LogP contribution < -0.4 is 15.4 Å². The Hall–Kier alpha value is -3.33. The third-order valence-electron chi connectivity index (χ3n) is 5.73. The summed E-state index contributed by atoms with van der Waals surface area (Å²) < 4.78 is 17.1. The highest BCUT2D eigenvalue weighted by molar-refractivity contribution is 6.31. The van der Waals surface area contributed by atoms with Crippen molar-refractivity contribution in [2.24, 2.45) is 0 Å². The van der Waals surface area contributed by atoms with Crippen LogP contribution in [-0.4, -0.2) is 56.3 Å². The Morgan fingerprint density at radius 1 is 1.23 bits per heavy atom. The normalized spacial score (nSPS) is 17.2. The summed E-state index contributed by atoms with van der Waals surface area (Å²) in [6.07, 6.45) is 5.58. The van der Waals surface area contributed by atoms with E-state index >= 15 is 0 Å². The topological polar surface area (TPSA) is 85.0 Å². The van der Waals surface area contributed by atoms with Gasteiger partial charge in [-0.3, -0.25) is 14.7 Å². The molecule has 0 spiro atoms. The fourth-order valence-electron chi connectivity index (χ4n) is 4.04. The van der Waals surface area contributed by atoms with Crippen LogP contribution in [0, 0.1) is 0 Å². The first kappa shape index (κ1) is 24.8. The Bertz CT molecular complexity index is 1160. The maximum Gasteiger partial charge on any atom is 0.238 e. The molecule has 4 rings (SSSR count). The average Bonchev–Trinajstić information content (AvgIpc) is 2.85. The average molecular weight is 497 g/mol. The molecule has 1 aromatic carbocycles. The number of carbonyl (C=O) groups is 1. The van der Waals surface area contributed by atoms with Crippen molar-refractivity contribution in [1.82, 2.24) is 20.5 Å². The van der Waals surface area contributed by atoms with E-state index in [4.69, 9.17) is 25.8 Å². The number of amides is 1. The van der Waals surface area contributed by atoms with Crippen molar-refractivity contribution in [1.29, 1.82) is 0 Å². The molecule has 0 fully saturated rings. The number of hydrogen-bond acceptors (Lipinski definition) is 7. The van der Waals surface area contributed by atoms with Gasteiger partial charge in [-0.05, 0) is 24.8 Å². The highest BCUT2D eigenvalue weighted by atomic mass is 35.5. The molecule has 35 heavy (non-hydrogen) atoms. The van der Waals surface area contributed by atoms with Crippen LogP contribution in [0.2, 0.25) is 0 Å². The highest BCUT2D eigenvalue weighted by Crippen LogP contribution is 2.33. The molecule has 1 atom stereocenters. The summed E-state index contributed by atoms with van der Waals surface area (Å²) in [6.45, 7) is 1.32. The Kier molecular flexibility index (Phi) is 8.07. The van der Waals surface area contributed by atoms with Crippen LogP contribution in [0.3, 0.4) is 0 Å². The summed E-state index contributed by atoms with van der Waals surface area (Å²) in [7, 11) is 5.17. The lowest BCUT2D eigenvalue weighted by atomic mass is 9.97. The number of nitrogens with zero attached hydrogens (tertiary/aromatic N) is 2. The number of halogens is 1. The number of dihydropyridines is 1. The van der Waals surface area contributed by atoms with Gasteiger partial charge in [0.2, 0.25) is 11.8 Å². The summed E-state index contributed by atoms with van der Waals surface area (Å²) in [5, 5.41) is 6.44. The number of benzene rings is 1. The second kappa shape index (κ2) is 11.4. The predicted octanol–water partition coefficient (Wildman–Crippen LogP) is 3.16. The SMILES string of the molecule is COC1=Cc2nccc(OC3=C(Cl)C=C(NC(=O)CN(C)Cc4ccccc4)CN3)c2CC1OC. The molecular formula is C26H29ClN4O4. The monoisotopic (exact) mass is 496 g/mol. The van der Waals surface area contributed by atoms with Crippen molar-refractivity contribution in [3.63, 3.8) is 0 Å². The minimum Gasteiger partial charge on any atom is -0.498 e. The fraction of sp³-hybridized carbons (Fsp3) is 0.308. The molecule has 2 aliphatic rings. The standard InChI is InChI=1S/C26H29ClN4O4/c1-31(15-17-7-5-4-6-8-17)16-25(32)30-18-11-20(27)26(29-14-18)35-22-9-10-28-21-13-24(34-3)23(33-2)12-19(21)22/h4-11,13,23,29H,12,14-16H2,1-3H3,(H,30,32). The number of carbonyl (C=O) groups excluding carboxylic acids is 1. The van der Waals surface area contributed by atoms with Crippen LogP contribution in [-0.2, 0) is 27.2 Å². The molecule has 0 saturated carbocycles. The van der Waals surface area contributed by atoms with Gasteiger partial charge < -0.3 is 24.8 Å². The molecule has 1 aliphatic carbocycles. The highest BCUT2D eigenvalue weighted by Gasteiger charge is 2.26. The molecule has 1 amide bonds. The molecule has 9 heteroatoms. The molecular weight excluding hydrogens is 468 g/mol. The summed E-state index contributed by atoms with van der Waals surface area (Å²) in [5.74, 6) is 1.65. The summed E-state index contributed by atoms with van der Waals surface area (Å²) in [4.78, 5) is 18.9. The lowest BCUT2D eigenvalue weighted by Crippen LogP contribution is -2.38. The van der Waals surface area contributed by atoms with Crippen molar-refractivity contribution < 1.29 is 19.0 Å². The largest absolute Gasteiger partial charge is 0.498 e. The van der Waals surface area contributed by atoms with Gasteiger partial charge in [0.1, 0.15) is 22.6 Å². The van der Waals surface area contributed by atoms with E-state index in [9.17, 15) is 4.79 Å². The number of likely N-dealkylation sites (N-methyl/N-ethyl adjacent to an activating group) is 1. The van der Waals surface area contributed by atoms with Crippen LogP contribution in [0.5, 0.6) is 5.75 Å². The fourth-order valence-corrected chi connectivity index (χ4v) is 4.28. The van der Waals surface area contributed by atoms with E-state index in [-0.39, 0.29) is 18.6 Å². The van der Waals surface area contributed by atoms with Gasteiger partial charge >= 0.3 is 0 Å². The van der Waals surface area contributed by atoms with Crippen LogP contribution in [0.1, 0.15) is 16.8 Å². The molecule has 1 aromatic heterocycles. The number of hydrogen-bond donors (Lipinski definition) is 2. The minimum absolute atomic E-state index is 0.111. The third kappa shape index (κ3) is 6.22. The summed E-state index contributed by atoms with van der Waals surface area (Å²) >= 11 is 6.49. The molecule has 0 bridgehead atoms. The Morgan fingerprint density at radius 3 is 2.74 bits per heavy atom. The van der Waals surface area contributed by atoms with Gasteiger partial charge in [0.15, 0.2) is 0 Å². The first-order chi connectivity index (χ1) is 17.0. The zero-order valence-electron chi connectivity index (χ0n) is 20.0. The van der Waals surface area contributed by atoms with Crippen molar-refractivity contribution in [2.75, 3.05) is 34.4 Å². The van der Waals surface area contributed by atoms with E-state index in [1.54, 1.807) is 32.6 Å². The van der Waals surface area contributed by atoms with Gasteiger partial charge in [-0.25, -0.2) is 0 Å². The Balaban J connectivity index is 1.40. The number of rotatable bonds is 9. The minimum atomic E-state index is -0.218. The second-order valence-corrected chi connectivity index (χ2v) is 8.77. The molecule has 2 aromatic rings. The van der Waals surface area contributed by atoms with Gasteiger partial charge in [-0.15, -0.1) is 0 Å². The number of nitrogens with one attached hydrogen (secondary N) is 2. The summed E-state index contributed by atoms with van der Waals surface area (Å²) in [5.41, 5.74) is 3.49. The molecule has 2 N–H and O–H groups in total. The zero-order chi connectivity index (χ0) is 24.8. The number of aromatic nitrogens is 1. The Labute approximate surface area is 210 Å². The number of fused-ring (bicyclic) bond motifs is 1. The molecule has 2 heterocycles. The molecule has 8 nitrogen and oxygen atoms in total. The first-order valence-electron chi connectivity index (χ1n) is 11.3. The maximum absolute atomic E-state index is 12.5. The van der Waals surface area contributed by atoms with Gasteiger partial charge in [0.05, 0.1) is 25.9 Å². The van der Waals surface area contributed by atoms with Crippen LogP contribution in [0.25, 0.3) is 6.08 Å². The lowest BCUT2D eigenvalue weighted by Gasteiger charge is -2.26. The van der Waals surface area contributed by atoms with Crippen molar-refractivity contribution in [3.05, 3.63) is 87.9 Å². The van der Waals surface area contributed by atoms with E-state index in [1.807, 2.05) is 48.4 Å². The number of allylic oxidation sites excluding steroid dienone is 2. The van der Waals surface area contributed by atoms with Crippen LogP contribution in [0.15, 0.2) is 71.0 Å². The number of pyridine rings is 1. The molecule has 0 saturated heterocycles. The van der Waals surface area contributed by atoms with Gasteiger partial charge in [-0.2, -0.15) is 0 Å². The third-order valence-corrected chi connectivity index (χ3v) is 6.01. The van der Waals surface area contributed by atoms with E-state index in [0.29, 0.717) is 41.9 Å². The maximum atomic E-state index is 12.5. The predicted molar refractivity (Wildman–Crippen MR) is 134 cm³/mol. The molecule has 184 valence electrons. The quantitative estimate of drug-likeness (QED) is 0.551. The molecule has 0 radical (unpaired) electrons. The molecule has 1 aliphatic heterocycles. The zero-order valence-corrected chi connectivity index (χ0v) is 20.8.